The van der Waals surface area contributed by atoms with Crippen LogP contribution in [0.15, 0.2) is 40.7 Å². The first-order valence-corrected chi connectivity index (χ1v) is 8.74. The summed E-state index contributed by atoms with van der Waals surface area (Å²) in [5, 5.41) is 9.59. The molecule has 0 saturated carbocycles. The monoisotopic (exact) mass is 347 g/mol. The van der Waals surface area contributed by atoms with Crippen molar-refractivity contribution in [3.63, 3.8) is 0 Å². The van der Waals surface area contributed by atoms with E-state index in [0.717, 1.165) is 22.5 Å². The Morgan fingerprint density at radius 3 is 2.67 bits per heavy atom. The summed E-state index contributed by atoms with van der Waals surface area (Å²) < 4.78 is 5.84. The molecule has 7 heteroatoms. The zero-order chi connectivity index (χ0) is 17.4. The number of nitrogens with zero attached hydrogens (tertiary/aromatic N) is 3. The molecule has 6 nitrogen and oxygen atoms in total. The van der Waals surface area contributed by atoms with Crippen LogP contribution in [0.5, 0.6) is 5.75 Å². The second kappa shape index (κ2) is 9.12. The molecule has 0 aliphatic carbocycles. The summed E-state index contributed by atoms with van der Waals surface area (Å²) in [5.41, 5.74) is 1.00. The largest absolute Gasteiger partial charge is 0.489 e. The molecule has 0 aliphatic heterocycles. The smallest absolute Gasteiger partial charge is 0.191 e. The van der Waals surface area contributed by atoms with Gasteiger partial charge in [-0.25, -0.2) is 4.98 Å². The number of para-hydroxylation sites is 1. The maximum Gasteiger partial charge on any atom is 0.191 e. The van der Waals surface area contributed by atoms with Crippen molar-refractivity contribution in [3.8, 4) is 5.75 Å². The molecule has 24 heavy (non-hydrogen) atoms. The van der Waals surface area contributed by atoms with E-state index in [1.54, 1.807) is 18.4 Å². The topological polar surface area (TPSA) is 61.8 Å². The molecule has 0 aliphatic rings. The van der Waals surface area contributed by atoms with Gasteiger partial charge in [-0.2, -0.15) is 0 Å². The van der Waals surface area contributed by atoms with Crippen LogP contribution in [0.25, 0.3) is 0 Å². The van der Waals surface area contributed by atoms with E-state index in [1.807, 2.05) is 56.3 Å². The Hall–Kier alpha value is -2.28. The lowest BCUT2D eigenvalue weighted by atomic mass is 10.3. The molecule has 1 unspecified atom stereocenters. The molecule has 0 spiro atoms. The van der Waals surface area contributed by atoms with Crippen LogP contribution < -0.4 is 20.3 Å². The van der Waals surface area contributed by atoms with Crippen LogP contribution in [0.1, 0.15) is 12.6 Å². The number of hydrogen-bond donors (Lipinski definition) is 2. The maximum atomic E-state index is 5.84. The van der Waals surface area contributed by atoms with Gasteiger partial charge in [-0.05, 0) is 19.1 Å². The van der Waals surface area contributed by atoms with Gasteiger partial charge in [0.1, 0.15) is 11.9 Å². The van der Waals surface area contributed by atoms with E-state index in [4.69, 9.17) is 4.74 Å². The van der Waals surface area contributed by atoms with Crippen molar-refractivity contribution in [1.29, 1.82) is 0 Å². The first-order chi connectivity index (χ1) is 11.6. The first kappa shape index (κ1) is 18.1. The van der Waals surface area contributed by atoms with Gasteiger partial charge in [0.25, 0.3) is 0 Å². The van der Waals surface area contributed by atoms with E-state index >= 15 is 0 Å². The third-order valence-electron chi connectivity index (χ3n) is 3.22. The van der Waals surface area contributed by atoms with Gasteiger partial charge in [0, 0.05) is 26.5 Å². The molecule has 0 saturated heterocycles. The predicted octanol–water partition coefficient (Wildman–Crippen LogP) is 2.34. The second-order valence-corrected chi connectivity index (χ2v) is 6.40. The fourth-order valence-corrected chi connectivity index (χ4v) is 2.75. The summed E-state index contributed by atoms with van der Waals surface area (Å²) in [6.45, 7) is 3.32. The van der Waals surface area contributed by atoms with Gasteiger partial charge in [-0.1, -0.05) is 18.2 Å². The molecule has 1 atom stereocenters. The van der Waals surface area contributed by atoms with Crippen LogP contribution in [0, 0.1) is 0 Å². The summed E-state index contributed by atoms with van der Waals surface area (Å²) in [6, 6.07) is 9.81. The van der Waals surface area contributed by atoms with Crippen LogP contribution in [-0.4, -0.2) is 44.7 Å². The number of benzene rings is 1. The molecule has 130 valence electrons. The number of aliphatic imine (C=N–C) groups is 1. The van der Waals surface area contributed by atoms with Crippen molar-refractivity contribution >= 4 is 22.4 Å². The Labute approximate surface area is 147 Å². The van der Waals surface area contributed by atoms with E-state index in [-0.39, 0.29) is 6.10 Å². The van der Waals surface area contributed by atoms with Crippen LogP contribution in [0.4, 0.5) is 5.13 Å². The quantitative estimate of drug-likeness (QED) is 0.595. The van der Waals surface area contributed by atoms with Crippen molar-refractivity contribution in [2.75, 3.05) is 32.6 Å². The van der Waals surface area contributed by atoms with E-state index in [1.165, 1.54) is 0 Å². The van der Waals surface area contributed by atoms with Gasteiger partial charge < -0.3 is 20.3 Å². The lowest BCUT2D eigenvalue weighted by Gasteiger charge is -2.17. The molecule has 2 aromatic rings. The lowest BCUT2D eigenvalue weighted by Crippen LogP contribution is -2.41. The highest BCUT2D eigenvalue weighted by molar-refractivity contribution is 7.13. The van der Waals surface area contributed by atoms with E-state index in [0.29, 0.717) is 13.1 Å². The average molecular weight is 347 g/mol. The van der Waals surface area contributed by atoms with Crippen LogP contribution in [0.2, 0.25) is 0 Å². The predicted molar refractivity (Wildman–Crippen MR) is 101 cm³/mol. The van der Waals surface area contributed by atoms with Gasteiger partial charge >= 0.3 is 0 Å². The van der Waals surface area contributed by atoms with E-state index in [9.17, 15) is 0 Å². The van der Waals surface area contributed by atoms with Gasteiger partial charge in [-0.3, -0.25) is 4.99 Å². The Bertz CT molecular complexity index is 641. The highest BCUT2D eigenvalue weighted by Gasteiger charge is 2.07. The van der Waals surface area contributed by atoms with Crippen LogP contribution in [-0.2, 0) is 6.54 Å². The number of aromatic nitrogens is 1. The van der Waals surface area contributed by atoms with E-state index < -0.39 is 0 Å². The number of nitrogens with one attached hydrogen (secondary N) is 2. The van der Waals surface area contributed by atoms with Crippen LogP contribution >= 0.6 is 11.3 Å². The third-order valence-corrected chi connectivity index (χ3v) is 4.28. The van der Waals surface area contributed by atoms with Gasteiger partial charge in [-0.15, -0.1) is 11.3 Å². The molecule has 0 fully saturated rings. The molecular formula is C17H25N5OS. The van der Waals surface area contributed by atoms with Crippen molar-refractivity contribution < 1.29 is 4.74 Å². The summed E-state index contributed by atoms with van der Waals surface area (Å²) in [5.74, 6) is 1.60. The number of anilines is 1. The zero-order valence-corrected chi connectivity index (χ0v) is 15.4. The number of rotatable bonds is 7. The van der Waals surface area contributed by atoms with Crippen molar-refractivity contribution in [1.82, 2.24) is 15.6 Å². The molecule has 1 aromatic heterocycles. The Kier molecular flexibility index (Phi) is 6.87. The molecule has 1 heterocycles. The Balaban J connectivity index is 1.75. The number of thiazole rings is 1. The second-order valence-electron chi connectivity index (χ2n) is 5.56. The SMILES string of the molecule is CN=C(NCc1csc(N(C)C)n1)NCC(C)Oc1ccccc1. The minimum absolute atomic E-state index is 0.0329. The van der Waals surface area contributed by atoms with E-state index in [2.05, 4.69) is 26.0 Å². The third kappa shape index (κ3) is 5.73. The molecule has 0 amide bonds. The summed E-state index contributed by atoms with van der Waals surface area (Å²) >= 11 is 1.63. The fourth-order valence-electron chi connectivity index (χ4n) is 1.99. The number of hydrogen-bond acceptors (Lipinski definition) is 5. The zero-order valence-electron chi connectivity index (χ0n) is 14.6. The maximum absolute atomic E-state index is 5.84. The van der Waals surface area contributed by atoms with Gasteiger partial charge in [0.2, 0.25) is 0 Å². The molecule has 2 rings (SSSR count). The standard InChI is InChI=1S/C17H25N5OS/c1-13(23-15-8-6-5-7-9-15)10-19-16(18-2)20-11-14-12-24-17(21-14)22(3)4/h5-9,12-13H,10-11H2,1-4H3,(H2,18,19,20). The average Bonchev–Trinajstić information content (AvgIpc) is 3.05. The molecule has 2 N–H and O–H groups in total. The highest BCUT2D eigenvalue weighted by atomic mass is 32.1. The van der Waals surface area contributed by atoms with Crippen LogP contribution in [0.3, 0.4) is 0 Å². The van der Waals surface area contributed by atoms with Crippen molar-refractivity contribution in [2.24, 2.45) is 4.99 Å². The lowest BCUT2D eigenvalue weighted by molar-refractivity contribution is 0.224. The fraction of sp³-hybridized carbons (Fsp3) is 0.412. The van der Waals surface area contributed by atoms with Crippen molar-refractivity contribution in [3.05, 3.63) is 41.4 Å². The minimum atomic E-state index is 0.0329. The van der Waals surface area contributed by atoms with Gasteiger partial charge in [0.15, 0.2) is 11.1 Å². The number of guanidine groups is 1. The normalized spacial score (nSPS) is 12.6. The molecule has 0 bridgehead atoms. The number of ether oxygens (including phenoxy) is 1. The molecule has 0 radical (unpaired) electrons. The minimum Gasteiger partial charge on any atom is -0.489 e. The molecular weight excluding hydrogens is 322 g/mol. The Morgan fingerprint density at radius 2 is 2.04 bits per heavy atom. The summed E-state index contributed by atoms with van der Waals surface area (Å²) in [7, 11) is 5.74. The van der Waals surface area contributed by atoms with Gasteiger partial charge in [0.05, 0.1) is 18.8 Å². The summed E-state index contributed by atoms with van der Waals surface area (Å²) in [4.78, 5) is 10.8. The van der Waals surface area contributed by atoms with Crippen molar-refractivity contribution in [2.45, 2.75) is 19.6 Å². The first-order valence-electron chi connectivity index (χ1n) is 7.86. The highest BCUT2D eigenvalue weighted by Crippen LogP contribution is 2.17. The summed E-state index contributed by atoms with van der Waals surface area (Å²) in [6.07, 6.45) is 0.0329. The molecule has 1 aromatic carbocycles. The Morgan fingerprint density at radius 1 is 1.29 bits per heavy atom.